The molecule has 0 aromatic heterocycles. The molecule has 120 valence electrons. The average molecular weight is 312 g/mol. The van der Waals surface area contributed by atoms with Gasteiger partial charge in [0.25, 0.3) is 5.91 Å². The van der Waals surface area contributed by atoms with Gasteiger partial charge in [-0.1, -0.05) is 0 Å². The number of halogens is 1. The van der Waals surface area contributed by atoms with Crippen molar-refractivity contribution in [2.24, 2.45) is 0 Å². The van der Waals surface area contributed by atoms with Gasteiger partial charge in [0, 0.05) is 29.5 Å². The van der Waals surface area contributed by atoms with Crippen molar-refractivity contribution in [1.82, 2.24) is 0 Å². The fourth-order valence-electron chi connectivity index (χ4n) is 3.02. The van der Waals surface area contributed by atoms with Crippen LogP contribution in [0.3, 0.4) is 0 Å². The van der Waals surface area contributed by atoms with Gasteiger partial charge in [0.15, 0.2) is 0 Å². The monoisotopic (exact) mass is 312 g/mol. The van der Waals surface area contributed by atoms with Gasteiger partial charge in [0.1, 0.15) is 5.82 Å². The summed E-state index contributed by atoms with van der Waals surface area (Å²) in [6, 6.07) is 14.0. The van der Waals surface area contributed by atoms with Crippen molar-refractivity contribution in [2.75, 3.05) is 16.8 Å². The van der Waals surface area contributed by atoms with Gasteiger partial charge in [-0.2, -0.15) is 0 Å². The van der Waals surface area contributed by atoms with Crippen LogP contribution in [0, 0.1) is 5.82 Å². The van der Waals surface area contributed by atoms with Crippen LogP contribution in [0.15, 0.2) is 48.5 Å². The molecule has 1 amide bonds. The zero-order valence-corrected chi connectivity index (χ0v) is 13.3. The van der Waals surface area contributed by atoms with Crippen LogP contribution in [0.4, 0.5) is 15.8 Å². The molecule has 3 nitrogen and oxygen atoms in total. The molecule has 23 heavy (non-hydrogen) atoms. The SMILES string of the molecule is C[C@H]1CCCCN1c1ccc(NC(=O)c2ccc(F)cc2)cc1. The number of benzene rings is 2. The van der Waals surface area contributed by atoms with Gasteiger partial charge >= 0.3 is 0 Å². The molecule has 0 aliphatic carbocycles. The maximum Gasteiger partial charge on any atom is 0.255 e. The lowest BCUT2D eigenvalue weighted by Crippen LogP contribution is -2.37. The molecule has 3 rings (SSSR count). The van der Waals surface area contributed by atoms with Crippen LogP contribution >= 0.6 is 0 Å². The van der Waals surface area contributed by atoms with E-state index in [0.29, 0.717) is 11.6 Å². The van der Waals surface area contributed by atoms with Crippen molar-refractivity contribution < 1.29 is 9.18 Å². The number of hydrogen-bond acceptors (Lipinski definition) is 2. The summed E-state index contributed by atoms with van der Waals surface area (Å²) in [7, 11) is 0. The van der Waals surface area contributed by atoms with Crippen molar-refractivity contribution in [1.29, 1.82) is 0 Å². The molecule has 0 saturated carbocycles. The molecular weight excluding hydrogens is 291 g/mol. The lowest BCUT2D eigenvalue weighted by molar-refractivity contribution is 0.102. The van der Waals surface area contributed by atoms with Crippen molar-refractivity contribution in [3.63, 3.8) is 0 Å². The minimum Gasteiger partial charge on any atom is -0.369 e. The van der Waals surface area contributed by atoms with Gasteiger partial charge < -0.3 is 10.2 Å². The molecule has 2 aromatic carbocycles. The van der Waals surface area contributed by atoms with Gasteiger partial charge in [-0.25, -0.2) is 4.39 Å². The number of nitrogens with zero attached hydrogens (tertiary/aromatic N) is 1. The molecule has 1 aliphatic heterocycles. The third kappa shape index (κ3) is 3.70. The Balaban J connectivity index is 1.67. The van der Waals surface area contributed by atoms with Crippen molar-refractivity contribution in [2.45, 2.75) is 32.2 Å². The van der Waals surface area contributed by atoms with E-state index in [0.717, 1.165) is 12.2 Å². The van der Waals surface area contributed by atoms with Crippen molar-refractivity contribution in [3.8, 4) is 0 Å². The van der Waals surface area contributed by atoms with E-state index in [1.807, 2.05) is 24.3 Å². The predicted octanol–water partition coefficient (Wildman–Crippen LogP) is 4.46. The highest BCUT2D eigenvalue weighted by Gasteiger charge is 2.18. The van der Waals surface area contributed by atoms with Crippen molar-refractivity contribution >= 4 is 17.3 Å². The highest BCUT2D eigenvalue weighted by Crippen LogP contribution is 2.25. The average Bonchev–Trinajstić information content (AvgIpc) is 2.57. The summed E-state index contributed by atoms with van der Waals surface area (Å²) in [6.45, 7) is 3.34. The molecule has 1 atom stereocenters. The number of carbonyl (C=O) groups is 1. The maximum absolute atomic E-state index is 12.9. The second kappa shape index (κ2) is 6.82. The Morgan fingerprint density at radius 3 is 2.43 bits per heavy atom. The number of carbonyl (C=O) groups excluding carboxylic acids is 1. The molecule has 4 heteroatoms. The van der Waals surface area contributed by atoms with E-state index < -0.39 is 0 Å². The quantitative estimate of drug-likeness (QED) is 0.907. The van der Waals surface area contributed by atoms with Crippen LogP contribution in [-0.4, -0.2) is 18.5 Å². The van der Waals surface area contributed by atoms with Crippen LogP contribution in [-0.2, 0) is 0 Å². The first-order valence-corrected chi connectivity index (χ1v) is 8.07. The zero-order chi connectivity index (χ0) is 16.2. The van der Waals surface area contributed by atoms with Crippen LogP contribution in [0.5, 0.6) is 0 Å². The van der Waals surface area contributed by atoms with Gasteiger partial charge in [-0.05, 0) is 74.7 Å². The van der Waals surface area contributed by atoms with Crippen LogP contribution in [0.2, 0.25) is 0 Å². The smallest absolute Gasteiger partial charge is 0.255 e. The highest BCUT2D eigenvalue weighted by atomic mass is 19.1. The Kier molecular flexibility index (Phi) is 4.60. The Morgan fingerprint density at radius 1 is 1.09 bits per heavy atom. The molecular formula is C19H21FN2O. The molecule has 1 aliphatic rings. The molecule has 0 unspecified atom stereocenters. The van der Waals surface area contributed by atoms with Gasteiger partial charge in [0.05, 0.1) is 0 Å². The molecule has 0 spiro atoms. The lowest BCUT2D eigenvalue weighted by atomic mass is 10.0. The number of hydrogen-bond donors (Lipinski definition) is 1. The second-order valence-electron chi connectivity index (χ2n) is 6.05. The maximum atomic E-state index is 12.9. The van der Waals surface area contributed by atoms with E-state index >= 15 is 0 Å². The first kappa shape index (κ1) is 15.5. The fourth-order valence-corrected chi connectivity index (χ4v) is 3.02. The summed E-state index contributed by atoms with van der Waals surface area (Å²) in [6.07, 6.45) is 3.75. The Hall–Kier alpha value is -2.36. The summed E-state index contributed by atoms with van der Waals surface area (Å²) < 4.78 is 12.9. The first-order valence-electron chi connectivity index (χ1n) is 8.07. The number of anilines is 2. The predicted molar refractivity (Wildman–Crippen MR) is 91.5 cm³/mol. The van der Waals surface area contributed by atoms with Crippen molar-refractivity contribution in [3.05, 3.63) is 59.9 Å². The van der Waals surface area contributed by atoms with Gasteiger partial charge in [-0.3, -0.25) is 4.79 Å². The Labute approximate surface area is 136 Å². The minimum absolute atomic E-state index is 0.232. The summed E-state index contributed by atoms with van der Waals surface area (Å²) in [5, 5.41) is 2.84. The van der Waals surface area contributed by atoms with E-state index in [-0.39, 0.29) is 11.7 Å². The molecule has 1 saturated heterocycles. The Bertz CT molecular complexity index is 667. The molecule has 1 N–H and O–H groups in total. The summed E-state index contributed by atoms with van der Waals surface area (Å²) in [4.78, 5) is 14.5. The van der Waals surface area contributed by atoms with E-state index in [4.69, 9.17) is 0 Å². The second-order valence-corrected chi connectivity index (χ2v) is 6.05. The van der Waals surface area contributed by atoms with Gasteiger partial charge in [0.2, 0.25) is 0 Å². The van der Waals surface area contributed by atoms with Crippen LogP contribution < -0.4 is 10.2 Å². The number of amides is 1. The molecule has 1 heterocycles. The normalized spacial score (nSPS) is 17.8. The Morgan fingerprint density at radius 2 is 1.78 bits per heavy atom. The van der Waals surface area contributed by atoms with Crippen LogP contribution in [0.1, 0.15) is 36.5 Å². The zero-order valence-electron chi connectivity index (χ0n) is 13.3. The standard InChI is InChI=1S/C19H21FN2O/c1-14-4-2-3-13-22(14)18-11-9-17(10-12-18)21-19(23)15-5-7-16(20)8-6-15/h5-12,14H,2-4,13H2,1H3,(H,21,23)/t14-/m0/s1. The fraction of sp³-hybridized carbons (Fsp3) is 0.316. The van der Waals surface area contributed by atoms with E-state index in [9.17, 15) is 9.18 Å². The molecule has 1 fully saturated rings. The van der Waals surface area contributed by atoms with E-state index in [1.54, 1.807) is 0 Å². The minimum atomic E-state index is -0.346. The first-order chi connectivity index (χ1) is 11.1. The lowest BCUT2D eigenvalue weighted by Gasteiger charge is -2.35. The van der Waals surface area contributed by atoms with Gasteiger partial charge in [-0.15, -0.1) is 0 Å². The number of rotatable bonds is 3. The largest absolute Gasteiger partial charge is 0.369 e. The topological polar surface area (TPSA) is 32.3 Å². The highest BCUT2D eigenvalue weighted by molar-refractivity contribution is 6.04. The summed E-state index contributed by atoms with van der Waals surface area (Å²) in [5.74, 6) is -0.578. The summed E-state index contributed by atoms with van der Waals surface area (Å²) in [5.41, 5.74) is 2.38. The molecule has 2 aromatic rings. The number of nitrogens with one attached hydrogen (secondary N) is 1. The van der Waals surface area contributed by atoms with Crippen LogP contribution in [0.25, 0.3) is 0 Å². The molecule has 0 bridgehead atoms. The summed E-state index contributed by atoms with van der Waals surface area (Å²) >= 11 is 0. The van der Waals surface area contributed by atoms with E-state index in [1.165, 1.54) is 49.2 Å². The third-order valence-corrected chi connectivity index (χ3v) is 4.37. The van der Waals surface area contributed by atoms with E-state index in [2.05, 4.69) is 17.1 Å². The molecule has 0 radical (unpaired) electrons. The third-order valence-electron chi connectivity index (χ3n) is 4.37. The number of piperidine rings is 1.